The van der Waals surface area contributed by atoms with Gasteiger partial charge in [-0.15, -0.1) is 0 Å². The fraction of sp³-hybridized carbons (Fsp3) is 0.238. The Labute approximate surface area is 162 Å². The van der Waals surface area contributed by atoms with E-state index < -0.39 is 6.03 Å². The smallest absolute Gasteiger partial charge is 0.322 e. The van der Waals surface area contributed by atoms with Crippen molar-refractivity contribution in [2.24, 2.45) is 0 Å². The minimum absolute atomic E-state index is 0.0851. The van der Waals surface area contributed by atoms with E-state index in [1.54, 1.807) is 37.4 Å². The number of aliphatic hydroxyl groups is 1. The lowest BCUT2D eigenvalue weighted by Gasteiger charge is -2.22. The number of benzene rings is 2. The molecule has 0 radical (unpaired) electrons. The van der Waals surface area contributed by atoms with Gasteiger partial charge in [-0.25, -0.2) is 4.79 Å². The number of nitrogens with zero attached hydrogens (tertiary/aromatic N) is 1. The quantitative estimate of drug-likeness (QED) is 0.612. The number of rotatable bonds is 6. The molecule has 1 aromatic heterocycles. The summed E-state index contributed by atoms with van der Waals surface area (Å²) in [5, 5.41) is 13.0. The van der Waals surface area contributed by atoms with Gasteiger partial charge in [-0.05, 0) is 54.8 Å². The molecule has 0 aliphatic rings. The normalized spacial score (nSPS) is 10.7. The average Bonchev–Trinajstić information content (AvgIpc) is 2.69. The number of pyridine rings is 1. The third-order valence-electron chi connectivity index (χ3n) is 4.44. The van der Waals surface area contributed by atoms with Crippen molar-refractivity contribution < 1.29 is 14.6 Å². The van der Waals surface area contributed by atoms with Crippen LogP contribution in [0.15, 0.2) is 53.3 Å². The first kappa shape index (κ1) is 19.4. The second-order valence-electron chi connectivity index (χ2n) is 6.52. The van der Waals surface area contributed by atoms with Crippen molar-refractivity contribution in [3.05, 3.63) is 70.0 Å². The third kappa shape index (κ3) is 4.50. The zero-order valence-electron chi connectivity index (χ0n) is 15.9. The molecule has 0 bridgehead atoms. The summed E-state index contributed by atoms with van der Waals surface area (Å²) in [7, 11) is 1.57. The summed E-state index contributed by atoms with van der Waals surface area (Å²) in [6.07, 6.45) is 0. The number of ether oxygens (including phenoxy) is 1. The molecule has 0 unspecified atom stereocenters. The number of urea groups is 1. The fourth-order valence-electron chi connectivity index (χ4n) is 2.94. The van der Waals surface area contributed by atoms with Crippen LogP contribution in [0.1, 0.15) is 11.1 Å². The van der Waals surface area contributed by atoms with Crippen LogP contribution in [0.4, 0.5) is 10.5 Å². The lowest BCUT2D eigenvalue weighted by Crippen LogP contribution is -2.38. The van der Waals surface area contributed by atoms with Gasteiger partial charge in [0.05, 0.1) is 20.3 Å². The van der Waals surface area contributed by atoms with Crippen LogP contribution in [-0.2, 0) is 6.54 Å². The van der Waals surface area contributed by atoms with Crippen molar-refractivity contribution in [3.8, 4) is 5.75 Å². The lowest BCUT2D eigenvalue weighted by molar-refractivity contribution is 0.185. The van der Waals surface area contributed by atoms with Gasteiger partial charge in [0, 0.05) is 23.3 Å². The van der Waals surface area contributed by atoms with Crippen molar-refractivity contribution in [2.45, 2.75) is 13.5 Å². The van der Waals surface area contributed by atoms with Gasteiger partial charge in [-0.3, -0.25) is 4.79 Å². The van der Waals surface area contributed by atoms with Crippen LogP contribution in [0.5, 0.6) is 5.75 Å². The maximum absolute atomic E-state index is 12.7. The molecule has 2 aromatic carbocycles. The molecule has 0 spiro atoms. The van der Waals surface area contributed by atoms with E-state index in [0.29, 0.717) is 17.0 Å². The van der Waals surface area contributed by atoms with Crippen molar-refractivity contribution in [1.82, 2.24) is 9.88 Å². The topological polar surface area (TPSA) is 94.7 Å². The first-order valence-electron chi connectivity index (χ1n) is 8.93. The lowest BCUT2D eigenvalue weighted by atomic mass is 10.1. The second kappa shape index (κ2) is 8.58. The minimum atomic E-state index is -0.400. The molecule has 3 N–H and O–H groups in total. The van der Waals surface area contributed by atoms with Gasteiger partial charge in [0.2, 0.25) is 0 Å². The molecule has 0 saturated heterocycles. The Morgan fingerprint density at radius 2 is 1.93 bits per heavy atom. The van der Waals surface area contributed by atoms with E-state index in [4.69, 9.17) is 4.74 Å². The van der Waals surface area contributed by atoms with Crippen molar-refractivity contribution >= 4 is 22.6 Å². The predicted octanol–water partition coefficient (Wildman–Crippen LogP) is 2.87. The number of aromatic nitrogens is 1. The summed E-state index contributed by atoms with van der Waals surface area (Å²) in [6.45, 7) is 1.96. The van der Waals surface area contributed by atoms with Crippen LogP contribution < -0.4 is 15.6 Å². The Hall–Kier alpha value is -3.32. The average molecular weight is 381 g/mol. The van der Waals surface area contributed by atoms with E-state index in [2.05, 4.69) is 10.3 Å². The first-order chi connectivity index (χ1) is 13.5. The summed E-state index contributed by atoms with van der Waals surface area (Å²) in [6, 6.07) is 14.1. The molecule has 3 rings (SSSR count). The number of carbonyl (C=O) groups is 1. The molecular weight excluding hydrogens is 358 g/mol. The van der Waals surface area contributed by atoms with E-state index in [0.717, 1.165) is 16.5 Å². The van der Waals surface area contributed by atoms with Crippen LogP contribution in [0.2, 0.25) is 0 Å². The SMILES string of the molecule is COc1ccc(NC(=O)N(CCO)Cc2cc3cc(C)ccc3[nH]c2=O)cc1. The molecule has 0 aliphatic carbocycles. The van der Waals surface area contributed by atoms with E-state index in [-0.39, 0.29) is 25.3 Å². The number of nitrogens with one attached hydrogen (secondary N) is 2. The maximum atomic E-state index is 12.7. The fourth-order valence-corrected chi connectivity index (χ4v) is 2.94. The standard InChI is InChI=1S/C21H23N3O4/c1-14-3-8-19-15(11-14)12-16(20(26)23-19)13-24(9-10-25)21(27)22-17-4-6-18(28-2)7-5-17/h3-8,11-12,25H,9-10,13H2,1-2H3,(H,22,27)(H,23,26). The Bertz CT molecular complexity index is 1030. The Balaban J connectivity index is 1.81. The summed E-state index contributed by atoms with van der Waals surface area (Å²) in [5.41, 5.74) is 2.62. The summed E-state index contributed by atoms with van der Waals surface area (Å²) >= 11 is 0. The minimum Gasteiger partial charge on any atom is -0.497 e. The Morgan fingerprint density at radius 3 is 2.61 bits per heavy atom. The molecular formula is C21H23N3O4. The summed E-state index contributed by atoms with van der Waals surface area (Å²) < 4.78 is 5.10. The summed E-state index contributed by atoms with van der Waals surface area (Å²) in [4.78, 5) is 29.3. The van der Waals surface area contributed by atoms with Crippen LogP contribution in [-0.4, -0.2) is 41.3 Å². The molecule has 28 heavy (non-hydrogen) atoms. The van der Waals surface area contributed by atoms with Gasteiger partial charge in [0.25, 0.3) is 5.56 Å². The number of amides is 2. The van der Waals surface area contributed by atoms with E-state index in [1.165, 1.54) is 4.90 Å². The van der Waals surface area contributed by atoms with Crippen LogP contribution in [0, 0.1) is 6.92 Å². The molecule has 7 heteroatoms. The molecule has 146 valence electrons. The molecule has 2 amide bonds. The number of carbonyl (C=O) groups excluding carboxylic acids is 1. The van der Waals surface area contributed by atoms with Crippen LogP contribution in [0.25, 0.3) is 10.9 Å². The van der Waals surface area contributed by atoms with E-state index >= 15 is 0 Å². The molecule has 3 aromatic rings. The number of fused-ring (bicyclic) bond motifs is 1. The molecule has 7 nitrogen and oxygen atoms in total. The van der Waals surface area contributed by atoms with Gasteiger partial charge < -0.3 is 25.0 Å². The van der Waals surface area contributed by atoms with Crippen molar-refractivity contribution in [3.63, 3.8) is 0 Å². The number of aryl methyl sites for hydroxylation is 1. The Morgan fingerprint density at radius 1 is 1.18 bits per heavy atom. The predicted molar refractivity (Wildman–Crippen MR) is 109 cm³/mol. The number of aliphatic hydroxyl groups excluding tert-OH is 1. The van der Waals surface area contributed by atoms with E-state index in [9.17, 15) is 14.7 Å². The highest BCUT2D eigenvalue weighted by Gasteiger charge is 2.16. The third-order valence-corrected chi connectivity index (χ3v) is 4.44. The number of hydrogen-bond donors (Lipinski definition) is 3. The second-order valence-corrected chi connectivity index (χ2v) is 6.52. The van der Waals surface area contributed by atoms with Crippen LogP contribution >= 0.6 is 0 Å². The zero-order chi connectivity index (χ0) is 20.1. The highest BCUT2D eigenvalue weighted by atomic mass is 16.5. The van der Waals surface area contributed by atoms with Crippen molar-refractivity contribution in [1.29, 1.82) is 0 Å². The number of anilines is 1. The molecule has 0 saturated carbocycles. The van der Waals surface area contributed by atoms with Crippen LogP contribution in [0.3, 0.4) is 0 Å². The van der Waals surface area contributed by atoms with Gasteiger partial charge in [-0.2, -0.15) is 0 Å². The highest BCUT2D eigenvalue weighted by Crippen LogP contribution is 2.17. The summed E-state index contributed by atoms with van der Waals surface area (Å²) in [5.74, 6) is 0.684. The van der Waals surface area contributed by atoms with E-state index in [1.807, 2.05) is 25.1 Å². The molecule has 0 fully saturated rings. The first-order valence-corrected chi connectivity index (χ1v) is 8.93. The monoisotopic (exact) mass is 381 g/mol. The molecule has 0 atom stereocenters. The molecule has 1 heterocycles. The number of aromatic amines is 1. The number of methoxy groups -OCH3 is 1. The van der Waals surface area contributed by atoms with Gasteiger partial charge in [0.15, 0.2) is 0 Å². The van der Waals surface area contributed by atoms with Gasteiger partial charge in [0.1, 0.15) is 5.75 Å². The molecule has 0 aliphatic heterocycles. The Kier molecular flexibility index (Phi) is 5.96. The number of H-pyrrole nitrogens is 1. The maximum Gasteiger partial charge on any atom is 0.322 e. The zero-order valence-corrected chi connectivity index (χ0v) is 15.9. The van der Waals surface area contributed by atoms with Crippen molar-refractivity contribution in [2.75, 3.05) is 25.6 Å². The van der Waals surface area contributed by atoms with Gasteiger partial charge in [-0.1, -0.05) is 11.6 Å². The van der Waals surface area contributed by atoms with Gasteiger partial charge >= 0.3 is 6.03 Å². The highest BCUT2D eigenvalue weighted by molar-refractivity contribution is 5.89. The largest absolute Gasteiger partial charge is 0.497 e. The number of hydrogen-bond acceptors (Lipinski definition) is 4.